The van der Waals surface area contributed by atoms with Crippen LogP contribution in [0.15, 0.2) is 194 Å². The first-order valence-corrected chi connectivity index (χ1v) is 23.0. The van der Waals surface area contributed by atoms with E-state index in [-0.39, 0.29) is 5.41 Å². The second-order valence-corrected chi connectivity index (χ2v) is 19.1. The Hall–Kier alpha value is -6.76. The summed E-state index contributed by atoms with van der Waals surface area (Å²) in [6.45, 7) is 0. The van der Waals surface area contributed by atoms with Crippen molar-refractivity contribution in [1.29, 1.82) is 0 Å². The van der Waals surface area contributed by atoms with Crippen molar-refractivity contribution in [1.82, 2.24) is 0 Å². The molecule has 0 atom stereocenters. The highest BCUT2D eigenvalue weighted by Gasteiger charge is 2.62. The molecule has 10 aromatic rings. The Morgan fingerprint density at radius 2 is 0.758 bits per heavy atom. The van der Waals surface area contributed by atoms with Gasteiger partial charge in [-0.15, -0.1) is 0 Å². The number of fused-ring (bicyclic) bond motifs is 9. The molecule has 0 nitrogen and oxygen atoms in total. The van der Waals surface area contributed by atoms with Gasteiger partial charge in [0.15, 0.2) is 0 Å². The van der Waals surface area contributed by atoms with Gasteiger partial charge in [0.05, 0.1) is 0 Å². The van der Waals surface area contributed by atoms with Gasteiger partial charge in [-0.1, -0.05) is 176 Å². The van der Waals surface area contributed by atoms with Crippen LogP contribution in [-0.2, 0) is 5.41 Å². The minimum absolute atomic E-state index is 0.0764. The molecule has 294 valence electrons. The molecule has 0 aromatic heterocycles. The van der Waals surface area contributed by atoms with Crippen LogP contribution in [0.5, 0.6) is 0 Å². The van der Waals surface area contributed by atoms with Crippen molar-refractivity contribution in [2.45, 2.75) is 37.5 Å². The molecular weight excluding hydrogens is 745 g/mol. The van der Waals surface area contributed by atoms with Crippen LogP contribution in [0.3, 0.4) is 0 Å². The van der Waals surface area contributed by atoms with Gasteiger partial charge in [0.25, 0.3) is 0 Å². The van der Waals surface area contributed by atoms with Crippen molar-refractivity contribution in [2.24, 2.45) is 23.7 Å². The van der Waals surface area contributed by atoms with E-state index in [0.717, 1.165) is 11.8 Å². The van der Waals surface area contributed by atoms with Crippen LogP contribution >= 0.6 is 0 Å². The summed E-state index contributed by atoms with van der Waals surface area (Å²) in [6, 6.07) is 73.8. The monoisotopic (exact) mass is 790 g/mol. The zero-order valence-electron chi connectivity index (χ0n) is 34.8. The van der Waals surface area contributed by atoms with E-state index >= 15 is 0 Å². The molecule has 4 saturated carbocycles. The van der Waals surface area contributed by atoms with Gasteiger partial charge in [-0.05, 0) is 184 Å². The Balaban J connectivity index is 0.954. The minimum atomic E-state index is 0.0764. The van der Waals surface area contributed by atoms with E-state index in [4.69, 9.17) is 0 Å². The van der Waals surface area contributed by atoms with Crippen molar-refractivity contribution in [3.8, 4) is 55.6 Å². The molecule has 0 N–H and O–H groups in total. The molecular formula is C62H46. The van der Waals surface area contributed by atoms with E-state index in [1.54, 1.807) is 11.1 Å². The van der Waals surface area contributed by atoms with E-state index in [0.29, 0.717) is 11.8 Å². The molecule has 0 saturated heterocycles. The van der Waals surface area contributed by atoms with Crippen molar-refractivity contribution < 1.29 is 0 Å². The predicted molar refractivity (Wildman–Crippen MR) is 261 cm³/mol. The fraction of sp³-hybridized carbons (Fsp3) is 0.161. The van der Waals surface area contributed by atoms with E-state index in [9.17, 15) is 0 Å². The molecule has 62 heavy (non-hydrogen) atoms. The molecule has 0 amide bonds. The predicted octanol–water partition coefficient (Wildman–Crippen LogP) is 16.7. The Labute approximate surface area is 363 Å². The zero-order chi connectivity index (χ0) is 40.5. The largest absolute Gasteiger partial charge is 0.0622 e. The normalized spacial score (nSPS) is 21.9. The zero-order valence-corrected chi connectivity index (χ0v) is 34.8. The summed E-state index contributed by atoms with van der Waals surface area (Å²) in [7, 11) is 0. The first-order chi connectivity index (χ1) is 30.7. The second kappa shape index (κ2) is 13.1. The maximum absolute atomic E-state index is 2.62. The first-order valence-electron chi connectivity index (χ1n) is 23.0. The first kappa shape index (κ1) is 34.9. The van der Waals surface area contributed by atoms with Crippen molar-refractivity contribution in [2.75, 3.05) is 0 Å². The molecule has 5 aliphatic carbocycles. The fourth-order valence-electron chi connectivity index (χ4n) is 14.2. The van der Waals surface area contributed by atoms with Gasteiger partial charge in [0.2, 0.25) is 0 Å². The highest BCUT2D eigenvalue weighted by Crippen LogP contribution is 2.71. The van der Waals surface area contributed by atoms with Gasteiger partial charge >= 0.3 is 0 Å². The fourth-order valence-corrected chi connectivity index (χ4v) is 14.2. The molecule has 0 radical (unpaired) electrons. The third kappa shape index (κ3) is 4.79. The molecule has 1 spiro atoms. The molecule has 0 heterocycles. The van der Waals surface area contributed by atoms with Crippen molar-refractivity contribution in [3.05, 3.63) is 205 Å². The molecule has 0 unspecified atom stereocenters. The SMILES string of the molecule is c1ccc(-c2c3ccccc3c(-c3cccc(-c4cccc(-c5cc6c(c7ccccc57)C5(c7c-6ccc6ccccc76)C6CC7CC(C6)CC5C7)c4)c3)c3ccccc23)cc1. The van der Waals surface area contributed by atoms with Gasteiger partial charge in [-0.3, -0.25) is 0 Å². The number of hydrogen-bond acceptors (Lipinski definition) is 0. The molecule has 15 rings (SSSR count). The van der Waals surface area contributed by atoms with E-state index in [2.05, 4.69) is 194 Å². The van der Waals surface area contributed by atoms with Crippen LogP contribution in [0.2, 0.25) is 0 Å². The van der Waals surface area contributed by atoms with Crippen LogP contribution in [0.4, 0.5) is 0 Å². The topological polar surface area (TPSA) is 0 Å². The lowest BCUT2D eigenvalue weighted by Gasteiger charge is -2.61. The summed E-state index contributed by atoms with van der Waals surface area (Å²) >= 11 is 0. The van der Waals surface area contributed by atoms with Crippen LogP contribution in [-0.4, -0.2) is 0 Å². The molecule has 4 bridgehead atoms. The Kier molecular flexibility index (Phi) is 7.39. The summed E-state index contributed by atoms with van der Waals surface area (Å²) in [4.78, 5) is 0. The summed E-state index contributed by atoms with van der Waals surface area (Å²) < 4.78 is 0. The summed E-state index contributed by atoms with van der Waals surface area (Å²) in [5.41, 5.74) is 16.5. The summed E-state index contributed by atoms with van der Waals surface area (Å²) in [5, 5.41) is 10.9. The van der Waals surface area contributed by atoms with E-state index in [1.807, 2.05) is 0 Å². The molecule has 0 aliphatic heterocycles. The van der Waals surface area contributed by atoms with Crippen molar-refractivity contribution in [3.63, 3.8) is 0 Å². The lowest BCUT2D eigenvalue weighted by Crippen LogP contribution is -2.55. The average Bonchev–Trinajstić information content (AvgIpc) is 3.63. The third-order valence-corrected chi connectivity index (χ3v) is 16.2. The van der Waals surface area contributed by atoms with Crippen molar-refractivity contribution >= 4 is 43.1 Å². The van der Waals surface area contributed by atoms with Crippen LogP contribution in [0.25, 0.3) is 98.7 Å². The smallest absolute Gasteiger partial charge is 0.0284 e. The number of hydrogen-bond donors (Lipinski definition) is 0. The lowest BCUT2D eigenvalue weighted by atomic mass is 9.42. The standard InChI is InChI=1S/C62H46/c1-2-15-41(16-3-1)58-50-23-7-9-25-52(50)59(53-26-10-8-24-51(53)58)45-20-13-18-43(36-45)42-17-12-19-44(35-42)56-37-57-55-29-28-40-14-4-5-21-48(40)60(55)62(61(57)54-27-11-6-22-49(54)56)46-31-38-30-39(33-46)34-47(62)32-38/h1-29,35-39,46-47H,30-34H2. The van der Waals surface area contributed by atoms with E-state index in [1.165, 1.54) is 131 Å². The molecule has 4 fully saturated rings. The molecule has 0 heteroatoms. The van der Waals surface area contributed by atoms with Gasteiger partial charge < -0.3 is 0 Å². The quantitative estimate of drug-likeness (QED) is 0.156. The average molecular weight is 791 g/mol. The Morgan fingerprint density at radius 3 is 1.40 bits per heavy atom. The lowest BCUT2D eigenvalue weighted by molar-refractivity contribution is -0.0388. The highest BCUT2D eigenvalue weighted by molar-refractivity contribution is 6.21. The maximum Gasteiger partial charge on any atom is 0.0284 e. The minimum Gasteiger partial charge on any atom is -0.0622 e. The highest BCUT2D eigenvalue weighted by atomic mass is 14.7. The molecule has 10 aromatic carbocycles. The maximum atomic E-state index is 2.62. The van der Waals surface area contributed by atoms with Gasteiger partial charge in [0, 0.05) is 5.41 Å². The second-order valence-electron chi connectivity index (χ2n) is 19.1. The van der Waals surface area contributed by atoms with E-state index < -0.39 is 0 Å². The Bertz CT molecular complexity index is 3390. The number of benzene rings is 10. The summed E-state index contributed by atoms with van der Waals surface area (Å²) in [6.07, 6.45) is 7.00. The van der Waals surface area contributed by atoms with Gasteiger partial charge in [0.1, 0.15) is 0 Å². The third-order valence-electron chi connectivity index (χ3n) is 16.2. The van der Waals surface area contributed by atoms with Crippen LogP contribution in [0, 0.1) is 23.7 Å². The number of rotatable bonds is 4. The summed E-state index contributed by atoms with van der Waals surface area (Å²) in [5.74, 6) is 3.23. The van der Waals surface area contributed by atoms with Gasteiger partial charge in [-0.25, -0.2) is 0 Å². The Morgan fingerprint density at radius 1 is 0.290 bits per heavy atom. The van der Waals surface area contributed by atoms with Crippen LogP contribution < -0.4 is 0 Å². The van der Waals surface area contributed by atoms with Crippen LogP contribution in [0.1, 0.15) is 43.2 Å². The van der Waals surface area contributed by atoms with Gasteiger partial charge in [-0.2, -0.15) is 0 Å². The molecule has 5 aliphatic rings.